The molecule has 0 saturated heterocycles. The normalized spacial score (nSPS) is 16.4. The Hall–Kier alpha value is -2.74. The predicted octanol–water partition coefficient (Wildman–Crippen LogP) is 2.95. The summed E-state index contributed by atoms with van der Waals surface area (Å²) in [5, 5.41) is 3.31. The third-order valence-corrected chi connectivity index (χ3v) is 5.55. The van der Waals surface area contributed by atoms with Crippen LogP contribution in [-0.4, -0.2) is 28.3 Å². The van der Waals surface area contributed by atoms with Crippen LogP contribution in [0.2, 0.25) is 0 Å². The number of amides is 2. The number of benzene rings is 1. The minimum absolute atomic E-state index is 0.0589. The van der Waals surface area contributed by atoms with E-state index in [0.717, 1.165) is 37.4 Å². The Bertz CT molecular complexity index is 896. The third kappa shape index (κ3) is 3.71. The quantitative estimate of drug-likeness (QED) is 0.767. The minimum atomic E-state index is -0.535. The van der Waals surface area contributed by atoms with Crippen molar-refractivity contribution in [1.82, 2.24) is 4.98 Å². The number of thioether (sulfide) groups is 1. The molecule has 27 heavy (non-hydrogen) atoms. The summed E-state index contributed by atoms with van der Waals surface area (Å²) < 4.78 is 12.0. The van der Waals surface area contributed by atoms with Crippen LogP contribution in [0, 0.1) is 0 Å². The fourth-order valence-corrected chi connectivity index (χ4v) is 4.04. The van der Waals surface area contributed by atoms with Gasteiger partial charge in [0.15, 0.2) is 11.5 Å². The fraction of sp³-hybridized carbons (Fsp3) is 0.316. The molecule has 1 aliphatic heterocycles. The van der Waals surface area contributed by atoms with E-state index in [1.54, 1.807) is 30.5 Å². The van der Waals surface area contributed by atoms with Gasteiger partial charge in [0.1, 0.15) is 5.03 Å². The molecule has 1 aliphatic carbocycles. The molecule has 0 unspecified atom stereocenters. The summed E-state index contributed by atoms with van der Waals surface area (Å²) in [4.78, 5) is 27.9. The van der Waals surface area contributed by atoms with Crippen LogP contribution in [0.15, 0.2) is 41.6 Å². The zero-order chi connectivity index (χ0) is 18.9. The Labute approximate surface area is 160 Å². The molecule has 1 saturated carbocycles. The Morgan fingerprint density at radius 2 is 1.96 bits per heavy atom. The predicted molar refractivity (Wildman–Crippen MR) is 101 cm³/mol. The molecule has 4 rings (SSSR count). The summed E-state index contributed by atoms with van der Waals surface area (Å²) in [5.74, 6) is 0.0901. The van der Waals surface area contributed by atoms with Crippen LogP contribution >= 0.6 is 11.8 Å². The van der Waals surface area contributed by atoms with Gasteiger partial charge in [-0.15, -0.1) is 0 Å². The zero-order valence-corrected chi connectivity index (χ0v) is 15.4. The van der Waals surface area contributed by atoms with Crippen LogP contribution in [-0.2, 0) is 4.79 Å². The molecule has 8 heteroatoms. The highest BCUT2D eigenvalue weighted by Gasteiger charge is 2.44. The molecule has 1 aromatic heterocycles. The summed E-state index contributed by atoms with van der Waals surface area (Å²) in [6.45, 7) is 0. The summed E-state index contributed by atoms with van der Waals surface area (Å²) in [7, 11) is 0. The highest BCUT2D eigenvalue weighted by atomic mass is 32.2. The molecule has 0 atom stereocenters. The number of aromatic nitrogens is 1. The first-order chi connectivity index (χ1) is 13.0. The van der Waals surface area contributed by atoms with Crippen molar-refractivity contribution in [3.8, 4) is 11.5 Å². The maximum absolute atomic E-state index is 12.7. The Morgan fingerprint density at radius 3 is 2.74 bits per heavy atom. The van der Waals surface area contributed by atoms with Crippen LogP contribution in [0.25, 0.3) is 0 Å². The van der Waals surface area contributed by atoms with Gasteiger partial charge in [0.05, 0.1) is 11.3 Å². The summed E-state index contributed by atoms with van der Waals surface area (Å²) >= 11 is 1.14. The van der Waals surface area contributed by atoms with E-state index in [1.807, 2.05) is 6.07 Å². The molecule has 1 fully saturated rings. The molecule has 3 N–H and O–H groups in total. The zero-order valence-electron chi connectivity index (χ0n) is 14.6. The SMILES string of the molecule is NC(=O)CSc1ncccc1C(=O)Nc1ccc2c(c1)OC1(CCCC1)O2. The number of pyridine rings is 1. The second kappa shape index (κ2) is 7.11. The standard InChI is InChI=1S/C19H19N3O4S/c20-16(23)11-27-18-13(4-3-9-21-18)17(24)22-12-5-6-14-15(10-12)26-19(25-14)7-1-2-8-19/h3-6,9-10H,1-2,7-8,11H2,(H2,20,23)(H,22,24). The minimum Gasteiger partial charge on any atom is -0.448 e. The highest BCUT2D eigenvalue weighted by molar-refractivity contribution is 8.00. The van der Waals surface area contributed by atoms with Crippen molar-refractivity contribution < 1.29 is 19.1 Å². The summed E-state index contributed by atoms with van der Waals surface area (Å²) in [5.41, 5.74) is 6.16. The lowest BCUT2D eigenvalue weighted by Gasteiger charge is -2.21. The van der Waals surface area contributed by atoms with Crippen LogP contribution in [0.1, 0.15) is 36.0 Å². The molecule has 2 heterocycles. The first-order valence-electron chi connectivity index (χ1n) is 8.74. The summed E-state index contributed by atoms with van der Waals surface area (Å²) in [6, 6.07) is 8.69. The number of nitrogens with zero attached hydrogens (tertiary/aromatic N) is 1. The number of carbonyl (C=O) groups is 2. The maximum Gasteiger partial charge on any atom is 0.258 e. The van der Waals surface area contributed by atoms with Crippen molar-refractivity contribution in [1.29, 1.82) is 0 Å². The van der Waals surface area contributed by atoms with Gasteiger partial charge in [-0.2, -0.15) is 0 Å². The lowest BCUT2D eigenvalue weighted by atomic mass is 10.2. The van der Waals surface area contributed by atoms with Crippen molar-refractivity contribution in [3.05, 3.63) is 42.1 Å². The van der Waals surface area contributed by atoms with E-state index in [0.29, 0.717) is 27.8 Å². The van der Waals surface area contributed by atoms with Crippen molar-refractivity contribution in [2.45, 2.75) is 36.5 Å². The average molecular weight is 385 g/mol. The van der Waals surface area contributed by atoms with E-state index in [4.69, 9.17) is 15.2 Å². The smallest absolute Gasteiger partial charge is 0.258 e. The number of anilines is 1. The van der Waals surface area contributed by atoms with E-state index < -0.39 is 11.7 Å². The van der Waals surface area contributed by atoms with Gasteiger partial charge in [0, 0.05) is 30.8 Å². The van der Waals surface area contributed by atoms with Crippen molar-refractivity contribution in [2.24, 2.45) is 5.73 Å². The molecule has 140 valence electrons. The number of carbonyl (C=O) groups excluding carboxylic acids is 2. The van der Waals surface area contributed by atoms with Gasteiger partial charge in [-0.1, -0.05) is 11.8 Å². The van der Waals surface area contributed by atoms with Gasteiger partial charge in [-0.05, 0) is 37.1 Å². The van der Waals surface area contributed by atoms with E-state index in [1.165, 1.54) is 0 Å². The number of primary amides is 1. The number of hydrogen-bond acceptors (Lipinski definition) is 6. The molecule has 2 aromatic rings. The van der Waals surface area contributed by atoms with E-state index in [2.05, 4.69) is 10.3 Å². The number of ether oxygens (including phenoxy) is 2. The Morgan fingerprint density at radius 1 is 1.19 bits per heavy atom. The molecule has 2 aliphatic rings. The molecule has 0 bridgehead atoms. The van der Waals surface area contributed by atoms with Gasteiger partial charge in [0.2, 0.25) is 5.91 Å². The third-order valence-electron chi connectivity index (χ3n) is 4.53. The molecule has 0 radical (unpaired) electrons. The number of nitrogens with one attached hydrogen (secondary N) is 1. The van der Waals surface area contributed by atoms with Gasteiger partial charge in [-0.3, -0.25) is 9.59 Å². The molecular weight excluding hydrogens is 366 g/mol. The highest BCUT2D eigenvalue weighted by Crippen LogP contribution is 2.47. The van der Waals surface area contributed by atoms with Crippen LogP contribution in [0.4, 0.5) is 5.69 Å². The Kier molecular flexibility index (Phi) is 4.65. The van der Waals surface area contributed by atoms with Gasteiger partial charge in [0.25, 0.3) is 11.7 Å². The molecule has 7 nitrogen and oxygen atoms in total. The molecular formula is C19H19N3O4S. The first-order valence-corrected chi connectivity index (χ1v) is 9.73. The van der Waals surface area contributed by atoms with Crippen LogP contribution in [0.3, 0.4) is 0 Å². The van der Waals surface area contributed by atoms with Gasteiger partial charge >= 0.3 is 0 Å². The topological polar surface area (TPSA) is 104 Å². The monoisotopic (exact) mass is 385 g/mol. The Balaban J connectivity index is 1.49. The maximum atomic E-state index is 12.7. The van der Waals surface area contributed by atoms with Crippen LogP contribution in [0.5, 0.6) is 11.5 Å². The van der Waals surface area contributed by atoms with E-state index in [-0.39, 0.29) is 11.7 Å². The number of fused-ring (bicyclic) bond motifs is 1. The van der Waals surface area contributed by atoms with Crippen molar-refractivity contribution >= 4 is 29.3 Å². The lowest BCUT2D eigenvalue weighted by Crippen LogP contribution is -2.34. The van der Waals surface area contributed by atoms with Crippen molar-refractivity contribution in [2.75, 3.05) is 11.1 Å². The van der Waals surface area contributed by atoms with E-state index in [9.17, 15) is 9.59 Å². The lowest BCUT2D eigenvalue weighted by molar-refractivity contribution is -0.115. The van der Waals surface area contributed by atoms with Crippen molar-refractivity contribution in [3.63, 3.8) is 0 Å². The second-order valence-electron chi connectivity index (χ2n) is 6.55. The molecule has 1 spiro atoms. The fourth-order valence-electron chi connectivity index (χ4n) is 3.31. The van der Waals surface area contributed by atoms with Gasteiger partial charge < -0.3 is 20.5 Å². The average Bonchev–Trinajstić information content (AvgIpc) is 3.25. The number of hydrogen-bond donors (Lipinski definition) is 2. The molecule has 2 amide bonds. The second-order valence-corrected chi connectivity index (χ2v) is 7.51. The number of nitrogens with two attached hydrogens (primary N) is 1. The summed E-state index contributed by atoms with van der Waals surface area (Å²) in [6.07, 6.45) is 5.50. The first kappa shape index (κ1) is 17.7. The molecule has 1 aromatic carbocycles. The number of rotatable bonds is 5. The largest absolute Gasteiger partial charge is 0.448 e. The van der Waals surface area contributed by atoms with Gasteiger partial charge in [-0.25, -0.2) is 4.98 Å². The van der Waals surface area contributed by atoms with Crippen LogP contribution < -0.4 is 20.5 Å². The van der Waals surface area contributed by atoms with E-state index >= 15 is 0 Å².